The first-order valence-electron chi connectivity index (χ1n) is 11.0. The number of nitrogens with zero attached hydrogens (tertiary/aromatic N) is 5. The summed E-state index contributed by atoms with van der Waals surface area (Å²) in [5.41, 5.74) is 2.37. The standard InChI is InChI=1S/C23H28ClN5O2S.2ClH/c1-26-6-5-17-20(14-26)32-22-21(17)23(30)29(15-25-22)12-9-27-7-10-28(11-8-27)18-13-16(24)3-4-19(18)31-2;;/h3-4,13,15H,5-12,14H2,1-2H3;2*1H. The second-order valence-corrected chi connectivity index (χ2v) is 10.1. The van der Waals surface area contributed by atoms with E-state index in [9.17, 15) is 4.79 Å². The minimum atomic E-state index is 0. The third-order valence-corrected chi connectivity index (χ3v) is 7.89. The summed E-state index contributed by atoms with van der Waals surface area (Å²) in [7, 11) is 3.82. The maximum Gasteiger partial charge on any atom is 0.262 e. The first-order chi connectivity index (χ1) is 15.5. The molecule has 2 aliphatic heterocycles. The molecule has 0 unspecified atom stereocenters. The Morgan fingerprint density at radius 1 is 1.12 bits per heavy atom. The Bertz CT molecular complexity index is 1190. The van der Waals surface area contributed by atoms with Gasteiger partial charge in [0.15, 0.2) is 0 Å². The fraction of sp³-hybridized carbons (Fsp3) is 0.478. The number of rotatable bonds is 5. The van der Waals surface area contributed by atoms with Crippen LogP contribution in [0.5, 0.6) is 5.75 Å². The van der Waals surface area contributed by atoms with Gasteiger partial charge in [-0.05, 0) is 37.2 Å². The van der Waals surface area contributed by atoms with Crippen molar-refractivity contribution in [3.63, 3.8) is 0 Å². The van der Waals surface area contributed by atoms with Crippen LogP contribution in [0.15, 0.2) is 29.3 Å². The van der Waals surface area contributed by atoms with Crippen molar-refractivity contribution in [2.75, 3.05) is 58.3 Å². The summed E-state index contributed by atoms with van der Waals surface area (Å²) in [5, 5.41) is 1.56. The molecule has 34 heavy (non-hydrogen) atoms. The number of thiophene rings is 1. The second-order valence-electron chi connectivity index (χ2n) is 8.56. The van der Waals surface area contributed by atoms with Crippen LogP contribution >= 0.6 is 47.8 Å². The van der Waals surface area contributed by atoms with Gasteiger partial charge in [0.2, 0.25) is 0 Å². The Morgan fingerprint density at radius 3 is 2.62 bits per heavy atom. The molecule has 7 nitrogen and oxygen atoms in total. The van der Waals surface area contributed by atoms with E-state index in [0.29, 0.717) is 11.6 Å². The van der Waals surface area contributed by atoms with E-state index in [2.05, 4.69) is 26.7 Å². The second kappa shape index (κ2) is 11.5. The van der Waals surface area contributed by atoms with Gasteiger partial charge < -0.3 is 14.5 Å². The number of benzene rings is 1. The van der Waals surface area contributed by atoms with E-state index in [1.54, 1.807) is 29.3 Å². The van der Waals surface area contributed by atoms with Gasteiger partial charge in [0.1, 0.15) is 10.6 Å². The number of halogens is 3. The predicted molar refractivity (Wildman–Crippen MR) is 145 cm³/mol. The Kier molecular flexibility index (Phi) is 9.11. The van der Waals surface area contributed by atoms with Crippen LogP contribution in [-0.2, 0) is 19.5 Å². The minimum Gasteiger partial charge on any atom is -0.495 e. The SMILES string of the molecule is COc1ccc(Cl)cc1N1CCN(CCn2cnc3sc4c(c3c2=O)CCN(C)C4)CC1.Cl.Cl. The molecule has 1 aromatic carbocycles. The number of aromatic nitrogens is 2. The monoisotopic (exact) mass is 545 g/mol. The highest BCUT2D eigenvalue weighted by Gasteiger charge is 2.23. The van der Waals surface area contributed by atoms with Crippen molar-refractivity contribution < 1.29 is 4.74 Å². The quantitative estimate of drug-likeness (QED) is 0.486. The Morgan fingerprint density at radius 2 is 1.88 bits per heavy atom. The molecule has 0 spiro atoms. The molecule has 0 radical (unpaired) electrons. The van der Waals surface area contributed by atoms with Crippen molar-refractivity contribution >= 4 is 63.7 Å². The van der Waals surface area contributed by atoms with Gasteiger partial charge in [-0.25, -0.2) is 4.98 Å². The smallest absolute Gasteiger partial charge is 0.262 e. The third kappa shape index (κ3) is 5.32. The van der Waals surface area contributed by atoms with Gasteiger partial charge in [-0.15, -0.1) is 36.2 Å². The topological polar surface area (TPSA) is 53.8 Å². The Hall–Kier alpha value is -1.55. The molecule has 0 amide bonds. The number of hydrogen-bond donors (Lipinski definition) is 0. The fourth-order valence-corrected chi connectivity index (χ4v) is 6.10. The lowest BCUT2D eigenvalue weighted by atomic mass is 10.1. The van der Waals surface area contributed by atoms with Crippen molar-refractivity contribution in [2.24, 2.45) is 0 Å². The van der Waals surface area contributed by atoms with Crippen LogP contribution in [0.2, 0.25) is 5.02 Å². The average Bonchev–Trinajstić information content (AvgIpc) is 3.17. The highest BCUT2D eigenvalue weighted by Crippen LogP contribution is 2.33. The van der Waals surface area contributed by atoms with E-state index in [4.69, 9.17) is 16.3 Å². The molecule has 2 aromatic heterocycles. The highest BCUT2D eigenvalue weighted by molar-refractivity contribution is 7.18. The van der Waals surface area contributed by atoms with Crippen LogP contribution in [0.4, 0.5) is 5.69 Å². The van der Waals surface area contributed by atoms with Gasteiger partial charge in [-0.1, -0.05) is 11.6 Å². The van der Waals surface area contributed by atoms with Crippen LogP contribution in [0.3, 0.4) is 0 Å². The van der Waals surface area contributed by atoms with Gasteiger partial charge >= 0.3 is 0 Å². The molecule has 0 atom stereocenters. The lowest BCUT2D eigenvalue weighted by Gasteiger charge is -2.36. The van der Waals surface area contributed by atoms with Gasteiger partial charge in [0, 0.05) is 62.3 Å². The zero-order valence-electron chi connectivity index (χ0n) is 19.3. The largest absolute Gasteiger partial charge is 0.495 e. The molecule has 2 aliphatic rings. The molecule has 4 heterocycles. The number of anilines is 1. The zero-order valence-corrected chi connectivity index (χ0v) is 22.5. The van der Waals surface area contributed by atoms with Crippen LogP contribution in [-0.4, -0.2) is 72.8 Å². The summed E-state index contributed by atoms with van der Waals surface area (Å²) in [4.78, 5) is 27.0. The van der Waals surface area contributed by atoms with Crippen molar-refractivity contribution in [1.82, 2.24) is 19.4 Å². The maximum atomic E-state index is 13.2. The molecule has 0 bridgehead atoms. The first kappa shape index (κ1) is 27.0. The number of hydrogen-bond acceptors (Lipinski definition) is 7. The summed E-state index contributed by atoms with van der Waals surface area (Å²) < 4.78 is 7.30. The van der Waals surface area contributed by atoms with Gasteiger partial charge in [-0.2, -0.15) is 0 Å². The molecule has 5 rings (SSSR count). The summed E-state index contributed by atoms with van der Waals surface area (Å²) in [6, 6.07) is 5.74. The van der Waals surface area contributed by atoms with Crippen LogP contribution < -0.4 is 15.2 Å². The average molecular weight is 547 g/mol. The summed E-state index contributed by atoms with van der Waals surface area (Å²) in [6.45, 7) is 7.06. The predicted octanol–water partition coefficient (Wildman–Crippen LogP) is 3.77. The third-order valence-electron chi connectivity index (χ3n) is 6.53. The summed E-state index contributed by atoms with van der Waals surface area (Å²) in [6.07, 6.45) is 2.66. The van der Waals surface area contributed by atoms with Crippen molar-refractivity contribution in [3.8, 4) is 5.75 Å². The van der Waals surface area contributed by atoms with E-state index in [-0.39, 0.29) is 30.4 Å². The van der Waals surface area contributed by atoms with Crippen LogP contribution in [0.25, 0.3) is 10.2 Å². The first-order valence-corrected chi connectivity index (χ1v) is 12.2. The van der Waals surface area contributed by atoms with Crippen molar-refractivity contribution in [2.45, 2.75) is 19.5 Å². The summed E-state index contributed by atoms with van der Waals surface area (Å²) in [5.74, 6) is 0.846. The van der Waals surface area contributed by atoms with E-state index >= 15 is 0 Å². The van der Waals surface area contributed by atoms with Crippen molar-refractivity contribution in [1.29, 1.82) is 0 Å². The molecule has 11 heteroatoms. The molecule has 0 aliphatic carbocycles. The van der Waals surface area contributed by atoms with Crippen molar-refractivity contribution in [3.05, 3.63) is 50.3 Å². The van der Waals surface area contributed by atoms with E-state index < -0.39 is 0 Å². The number of likely N-dealkylation sites (N-methyl/N-ethyl adjacent to an activating group) is 1. The summed E-state index contributed by atoms with van der Waals surface area (Å²) >= 11 is 7.88. The van der Waals surface area contributed by atoms with E-state index in [1.165, 1.54) is 10.4 Å². The highest BCUT2D eigenvalue weighted by atomic mass is 35.5. The van der Waals surface area contributed by atoms with Crippen LogP contribution in [0, 0.1) is 0 Å². The molecule has 0 N–H and O–H groups in total. The molecular formula is C23H30Cl3N5O2S. The van der Waals surface area contributed by atoms with Gasteiger partial charge in [0.05, 0.1) is 24.5 Å². The van der Waals surface area contributed by atoms with E-state index in [1.807, 2.05) is 18.2 Å². The molecule has 186 valence electrons. The number of fused-ring (bicyclic) bond motifs is 3. The molecule has 0 saturated carbocycles. The molecule has 1 fully saturated rings. The van der Waals surface area contributed by atoms with Gasteiger partial charge in [0.25, 0.3) is 5.56 Å². The molecule has 1 saturated heterocycles. The normalized spacial score (nSPS) is 16.6. The number of piperazine rings is 1. The Labute approximate surface area is 221 Å². The van der Waals surface area contributed by atoms with E-state index in [0.717, 1.165) is 73.9 Å². The Balaban J connectivity index is 0.00000162. The zero-order chi connectivity index (χ0) is 22.2. The minimum absolute atomic E-state index is 0. The van der Waals surface area contributed by atoms with Gasteiger partial charge in [-0.3, -0.25) is 14.3 Å². The lowest BCUT2D eigenvalue weighted by Crippen LogP contribution is -2.47. The molecule has 3 aromatic rings. The number of ether oxygens (including phenoxy) is 1. The lowest BCUT2D eigenvalue weighted by molar-refractivity contribution is 0.246. The van der Waals surface area contributed by atoms with Crippen LogP contribution in [0.1, 0.15) is 10.4 Å². The number of methoxy groups -OCH3 is 1. The maximum absolute atomic E-state index is 13.2. The fourth-order valence-electron chi connectivity index (χ4n) is 4.68. The molecular weight excluding hydrogens is 517 g/mol.